The lowest BCUT2D eigenvalue weighted by Gasteiger charge is -2.29. The van der Waals surface area contributed by atoms with Crippen molar-refractivity contribution in [2.45, 2.75) is 31.3 Å². The average molecular weight is 194 g/mol. The number of amides is 1. The average Bonchev–Trinajstić information content (AvgIpc) is 2.03. The summed E-state index contributed by atoms with van der Waals surface area (Å²) in [4.78, 5) is 12.8. The van der Waals surface area contributed by atoms with E-state index in [-0.39, 0.29) is 12.5 Å². The summed E-state index contributed by atoms with van der Waals surface area (Å²) in [6.45, 7) is 2.48. The van der Waals surface area contributed by atoms with Crippen LogP contribution in [0.2, 0.25) is 0 Å². The number of likely N-dealkylation sites (tertiary alicyclic amines) is 1. The third-order valence-electron chi connectivity index (χ3n) is 2.02. The van der Waals surface area contributed by atoms with Crippen LogP contribution in [0, 0.1) is 0 Å². The van der Waals surface area contributed by atoms with Gasteiger partial charge in [-0.15, -0.1) is 11.6 Å². The van der Waals surface area contributed by atoms with Crippen molar-refractivity contribution in [2.75, 3.05) is 13.1 Å². The molecule has 1 aliphatic heterocycles. The van der Waals surface area contributed by atoms with Crippen LogP contribution >= 0.6 is 11.6 Å². The van der Waals surface area contributed by atoms with Crippen molar-refractivity contribution < 1.29 is 9.18 Å². The number of carbonyl (C=O) groups excluding carboxylic acids is 1. The summed E-state index contributed by atoms with van der Waals surface area (Å²) in [5, 5.41) is -0.532. The Morgan fingerprint density at radius 2 is 2.42 bits per heavy atom. The molecule has 0 spiro atoms. The Morgan fingerprint density at radius 1 is 1.75 bits per heavy atom. The van der Waals surface area contributed by atoms with Gasteiger partial charge in [0.15, 0.2) is 0 Å². The van der Waals surface area contributed by atoms with Gasteiger partial charge in [-0.25, -0.2) is 4.39 Å². The molecule has 1 saturated heterocycles. The fraction of sp³-hybridized carbons (Fsp3) is 0.875. The molecule has 0 aromatic heterocycles. The number of alkyl halides is 2. The van der Waals surface area contributed by atoms with E-state index in [4.69, 9.17) is 11.6 Å². The van der Waals surface area contributed by atoms with Gasteiger partial charge in [0.2, 0.25) is 5.91 Å². The topological polar surface area (TPSA) is 20.3 Å². The van der Waals surface area contributed by atoms with Crippen LogP contribution in [0.25, 0.3) is 0 Å². The van der Waals surface area contributed by atoms with Crippen LogP contribution in [0.1, 0.15) is 19.8 Å². The molecule has 12 heavy (non-hydrogen) atoms. The van der Waals surface area contributed by atoms with Crippen molar-refractivity contribution in [3.05, 3.63) is 0 Å². The fourth-order valence-electron chi connectivity index (χ4n) is 1.38. The molecule has 70 valence electrons. The number of hydrogen-bond acceptors (Lipinski definition) is 1. The second-order valence-electron chi connectivity index (χ2n) is 3.14. The highest BCUT2D eigenvalue weighted by atomic mass is 35.5. The van der Waals surface area contributed by atoms with Gasteiger partial charge >= 0.3 is 0 Å². The summed E-state index contributed by atoms with van der Waals surface area (Å²) in [5.74, 6) is -0.154. The summed E-state index contributed by atoms with van der Waals surface area (Å²) in [6.07, 6.45) is 0.454. The van der Waals surface area contributed by atoms with Gasteiger partial charge in [0.1, 0.15) is 11.5 Å². The Morgan fingerprint density at radius 3 is 2.92 bits per heavy atom. The van der Waals surface area contributed by atoms with Crippen LogP contribution in [0.3, 0.4) is 0 Å². The first kappa shape index (κ1) is 9.78. The van der Waals surface area contributed by atoms with Crippen LogP contribution in [-0.2, 0) is 4.79 Å². The number of hydrogen-bond donors (Lipinski definition) is 0. The predicted molar refractivity (Wildman–Crippen MR) is 46.0 cm³/mol. The molecule has 1 aliphatic rings. The van der Waals surface area contributed by atoms with E-state index in [1.165, 1.54) is 4.90 Å². The van der Waals surface area contributed by atoms with Gasteiger partial charge in [-0.3, -0.25) is 4.79 Å². The lowest BCUT2D eigenvalue weighted by atomic mass is 10.1. The van der Waals surface area contributed by atoms with Crippen LogP contribution in [0.4, 0.5) is 4.39 Å². The fourth-order valence-corrected chi connectivity index (χ4v) is 1.52. The van der Waals surface area contributed by atoms with Crippen LogP contribution in [0.5, 0.6) is 0 Å². The van der Waals surface area contributed by atoms with E-state index in [1.807, 2.05) is 0 Å². The van der Waals surface area contributed by atoms with Crippen molar-refractivity contribution in [3.8, 4) is 0 Å². The van der Waals surface area contributed by atoms with E-state index in [0.29, 0.717) is 13.0 Å². The first-order valence-corrected chi connectivity index (χ1v) is 4.62. The molecule has 0 saturated carbocycles. The molecule has 1 fully saturated rings. The molecule has 0 aliphatic carbocycles. The molecule has 0 aromatic carbocycles. The Balaban J connectivity index is 2.46. The highest BCUT2D eigenvalue weighted by Crippen LogP contribution is 2.14. The highest BCUT2D eigenvalue weighted by Gasteiger charge is 2.25. The van der Waals surface area contributed by atoms with Crippen LogP contribution < -0.4 is 0 Å². The Labute approximate surface area is 76.7 Å². The molecule has 1 heterocycles. The molecule has 0 radical (unpaired) electrons. The smallest absolute Gasteiger partial charge is 0.240 e. The zero-order valence-corrected chi connectivity index (χ0v) is 7.85. The SMILES string of the molecule is C[C@H](Cl)C(=O)N1CCC[C@H](F)C1. The van der Waals surface area contributed by atoms with E-state index in [1.54, 1.807) is 6.92 Å². The minimum atomic E-state index is -0.863. The molecular formula is C8H13ClFNO. The number of halogens is 2. The summed E-state index contributed by atoms with van der Waals surface area (Å²) in [6, 6.07) is 0. The zero-order chi connectivity index (χ0) is 9.14. The van der Waals surface area contributed by atoms with Gasteiger partial charge < -0.3 is 4.90 Å². The largest absolute Gasteiger partial charge is 0.339 e. The summed E-state index contributed by atoms with van der Waals surface area (Å²) in [7, 11) is 0. The van der Waals surface area contributed by atoms with Gasteiger partial charge in [-0.1, -0.05) is 0 Å². The Hall–Kier alpha value is -0.310. The summed E-state index contributed by atoms with van der Waals surface area (Å²) < 4.78 is 12.8. The lowest BCUT2D eigenvalue weighted by molar-refractivity contribution is -0.132. The monoisotopic (exact) mass is 193 g/mol. The van der Waals surface area contributed by atoms with Gasteiger partial charge in [0, 0.05) is 6.54 Å². The Kier molecular flexibility index (Phi) is 3.32. The van der Waals surface area contributed by atoms with Crippen molar-refractivity contribution in [1.29, 1.82) is 0 Å². The second kappa shape index (κ2) is 4.08. The van der Waals surface area contributed by atoms with E-state index in [0.717, 1.165) is 6.42 Å². The molecule has 0 bridgehead atoms. The molecule has 2 atom stereocenters. The number of rotatable bonds is 1. The van der Waals surface area contributed by atoms with Gasteiger partial charge in [0.25, 0.3) is 0 Å². The van der Waals surface area contributed by atoms with Crippen molar-refractivity contribution in [1.82, 2.24) is 4.90 Å². The number of nitrogens with zero attached hydrogens (tertiary/aromatic N) is 1. The van der Waals surface area contributed by atoms with E-state index >= 15 is 0 Å². The van der Waals surface area contributed by atoms with Crippen molar-refractivity contribution in [3.63, 3.8) is 0 Å². The maximum atomic E-state index is 12.8. The first-order chi connectivity index (χ1) is 5.61. The molecule has 4 heteroatoms. The third kappa shape index (κ3) is 2.34. The molecule has 1 amide bonds. The van der Waals surface area contributed by atoms with Gasteiger partial charge in [-0.2, -0.15) is 0 Å². The van der Waals surface area contributed by atoms with Crippen molar-refractivity contribution >= 4 is 17.5 Å². The molecule has 0 N–H and O–H groups in total. The van der Waals surface area contributed by atoms with Crippen LogP contribution in [0.15, 0.2) is 0 Å². The number of piperidine rings is 1. The maximum Gasteiger partial charge on any atom is 0.240 e. The molecule has 0 unspecified atom stereocenters. The second-order valence-corrected chi connectivity index (χ2v) is 3.79. The summed E-state index contributed by atoms with van der Waals surface area (Å²) >= 11 is 5.60. The maximum absolute atomic E-state index is 12.8. The Bertz CT molecular complexity index is 174. The summed E-state index contributed by atoms with van der Waals surface area (Å²) in [5.41, 5.74) is 0. The molecule has 2 nitrogen and oxygen atoms in total. The van der Waals surface area contributed by atoms with Crippen molar-refractivity contribution in [2.24, 2.45) is 0 Å². The van der Waals surface area contributed by atoms with E-state index < -0.39 is 11.5 Å². The lowest BCUT2D eigenvalue weighted by Crippen LogP contribution is -2.43. The zero-order valence-electron chi connectivity index (χ0n) is 7.09. The standard InChI is InChI=1S/C8H13ClFNO/c1-6(9)8(12)11-4-2-3-7(10)5-11/h6-7H,2-5H2,1H3/t6-,7-/m0/s1. The minimum Gasteiger partial charge on any atom is -0.339 e. The number of carbonyl (C=O) groups is 1. The molecule has 0 aromatic rings. The van der Waals surface area contributed by atoms with Crippen LogP contribution in [-0.4, -0.2) is 35.4 Å². The normalized spacial score (nSPS) is 26.9. The third-order valence-corrected chi connectivity index (χ3v) is 2.20. The van der Waals surface area contributed by atoms with E-state index in [2.05, 4.69) is 0 Å². The van der Waals surface area contributed by atoms with Gasteiger partial charge in [0.05, 0.1) is 6.54 Å². The quantitative estimate of drug-likeness (QED) is 0.579. The minimum absolute atomic E-state index is 0.154. The molecular weight excluding hydrogens is 181 g/mol. The molecule has 1 rings (SSSR count). The van der Waals surface area contributed by atoms with E-state index in [9.17, 15) is 9.18 Å². The highest BCUT2D eigenvalue weighted by molar-refractivity contribution is 6.30. The van der Waals surface area contributed by atoms with Gasteiger partial charge in [-0.05, 0) is 19.8 Å². The first-order valence-electron chi connectivity index (χ1n) is 4.18. The predicted octanol–water partition coefficient (Wildman–Crippen LogP) is 1.57.